The van der Waals surface area contributed by atoms with Crippen LogP contribution in [0.5, 0.6) is 5.75 Å². The Bertz CT molecular complexity index is 510. The highest BCUT2D eigenvalue weighted by Crippen LogP contribution is 2.32. The first kappa shape index (κ1) is 15.9. The zero-order valence-electron chi connectivity index (χ0n) is 12.3. The molecule has 1 aliphatic rings. The zero-order chi connectivity index (χ0) is 15.4. The first-order chi connectivity index (χ1) is 10.0. The van der Waals surface area contributed by atoms with Crippen molar-refractivity contribution in [2.24, 2.45) is 5.92 Å². The largest absolute Gasteiger partial charge is 0.495 e. The van der Waals surface area contributed by atoms with Gasteiger partial charge in [0.1, 0.15) is 11.8 Å². The van der Waals surface area contributed by atoms with Gasteiger partial charge in [-0.1, -0.05) is 11.6 Å². The van der Waals surface area contributed by atoms with Crippen LogP contribution in [0, 0.1) is 5.92 Å². The van der Waals surface area contributed by atoms with Crippen LogP contribution in [0.25, 0.3) is 0 Å². The van der Waals surface area contributed by atoms with E-state index in [0.717, 1.165) is 25.2 Å². The summed E-state index contributed by atoms with van der Waals surface area (Å²) >= 11 is 6.15. The fourth-order valence-electron chi connectivity index (χ4n) is 2.79. The summed E-state index contributed by atoms with van der Waals surface area (Å²) < 4.78 is 5.15. The topological polar surface area (TPSA) is 61.8 Å². The fraction of sp³-hybridized carbons (Fsp3) is 0.533. The lowest BCUT2D eigenvalue weighted by Crippen LogP contribution is -2.36. The maximum Gasteiger partial charge on any atom is 0.320 e. The summed E-state index contributed by atoms with van der Waals surface area (Å²) in [6, 6.07) is 5.27. The molecule has 0 saturated carbocycles. The van der Waals surface area contributed by atoms with Gasteiger partial charge in [0.15, 0.2) is 0 Å². The predicted octanol–water partition coefficient (Wildman–Crippen LogP) is 2.24. The van der Waals surface area contributed by atoms with E-state index in [4.69, 9.17) is 21.4 Å². The number of nitrogens with zero attached hydrogens (tertiary/aromatic N) is 1. The SMILES string of the molecule is CNC(CC1CCN(c2ccc(OC)c(Cl)c2)C1)C(=O)O. The lowest BCUT2D eigenvalue weighted by molar-refractivity contribution is -0.139. The summed E-state index contributed by atoms with van der Waals surface area (Å²) in [5.41, 5.74) is 1.06. The number of carbonyl (C=O) groups is 1. The third kappa shape index (κ3) is 3.80. The van der Waals surface area contributed by atoms with Crippen molar-refractivity contribution in [2.45, 2.75) is 18.9 Å². The molecule has 2 atom stereocenters. The number of benzene rings is 1. The number of rotatable bonds is 6. The van der Waals surface area contributed by atoms with Crippen molar-refractivity contribution >= 4 is 23.3 Å². The molecule has 116 valence electrons. The van der Waals surface area contributed by atoms with Crippen molar-refractivity contribution in [3.8, 4) is 5.75 Å². The van der Waals surface area contributed by atoms with Crippen LogP contribution in [0.4, 0.5) is 5.69 Å². The Labute approximate surface area is 129 Å². The number of nitrogens with one attached hydrogen (secondary N) is 1. The normalized spacial score (nSPS) is 19.6. The lowest BCUT2D eigenvalue weighted by atomic mass is 9.99. The summed E-state index contributed by atoms with van der Waals surface area (Å²) in [5, 5.41) is 12.5. The Hall–Kier alpha value is -1.46. The molecular formula is C15H21ClN2O3. The molecule has 1 aromatic rings. The molecule has 0 bridgehead atoms. The molecule has 1 aromatic carbocycles. The molecule has 0 spiro atoms. The molecule has 1 fully saturated rings. The average molecular weight is 313 g/mol. The van der Waals surface area contributed by atoms with E-state index in [0.29, 0.717) is 23.1 Å². The van der Waals surface area contributed by atoms with E-state index in [2.05, 4.69) is 10.2 Å². The molecule has 5 nitrogen and oxygen atoms in total. The van der Waals surface area contributed by atoms with Crippen molar-refractivity contribution in [2.75, 3.05) is 32.1 Å². The minimum atomic E-state index is -0.788. The molecule has 1 saturated heterocycles. The van der Waals surface area contributed by atoms with Gasteiger partial charge in [0.25, 0.3) is 0 Å². The van der Waals surface area contributed by atoms with Gasteiger partial charge in [-0.3, -0.25) is 4.79 Å². The van der Waals surface area contributed by atoms with E-state index < -0.39 is 12.0 Å². The summed E-state index contributed by atoms with van der Waals surface area (Å²) in [7, 11) is 3.28. The number of anilines is 1. The molecule has 2 N–H and O–H groups in total. The smallest absolute Gasteiger partial charge is 0.320 e. The van der Waals surface area contributed by atoms with Gasteiger partial charge in [-0.25, -0.2) is 0 Å². The molecule has 6 heteroatoms. The maximum atomic E-state index is 11.1. The van der Waals surface area contributed by atoms with Crippen LogP contribution < -0.4 is 15.0 Å². The summed E-state index contributed by atoms with van der Waals surface area (Å²) in [5.74, 6) is 0.250. The van der Waals surface area contributed by atoms with Crippen molar-refractivity contribution in [1.29, 1.82) is 0 Å². The van der Waals surface area contributed by atoms with Crippen molar-refractivity contribution in [3.05, 3.63) is 23.2 Å². The van der Waals surface area contributed by atoms with Gasteiger partial charge in [0.2, 0.25) is 0 Å². The molecule has 1 aliphatic heterocycles. The maximum absolute atomic E-state index is 11.1. The molecular weight excluding hydrogens is 292 g/mol. The monoisotopic (exact) mass is 312 g/mol. The molecule has 0 aromatic heterocycles. The quantitative estimate of drug-likeness (QED) is 0.843. The Kier molecular flexibility index (Phi) is 5.31. The van der Waals surface area contributed by atoms with E-state index in [1.807, 2.05) is 18.2 Å². The number of carboxylic acids is 1. The number of carboxylic acid groups (broad SMARTS) is 1. The van der Waals surface area contributed by atoms with Crippen molar-refractivity contribution < 1.29 is 14.6 Å². The molecule has 1 heterocycles. The van der Waals surface area contributed by atoms with Crippen LogP contribution in [0.15, 0.2) is 18.2 Å². The number of hydrogen-bond acceptors (Lipinski definition) is 4. The second kappa shape index (κ2) is 7.00. The number of aliphatic carboxylic acids is 1. The minimum absolute atomic E-state index is 0.374. The van der Waals surface area contributed by atoms with Gasteiger partial charge in [0, 0.05) is 18.8 Å². The second-order valence-electron chi connectivity index (χ2n) is 5.33. The zero-order valence-corrected chi connectivity index (χ0v) is 13.1. The van der Waals surface area contributed by atoms with Gasteiger partial charge < -0.3 is 20.1 Å². The first-order valence-corrected chi connectivity index (χ1v) is 7.41. The van der Waals surface area contributed by atoms with Crippen molar-refractivity contribution in [3.63, 3.8) is 0 Å². The van der Waals surface area contributed by atoms with E-state index >= 15 is 0 Å². The highest BCUT2D eigenvalue weighted by atomic mass is 35.5. The number of ether oxygens (including phenoxy) is 1. The van der Waals surface area contributed by atoms with Gasteiger partial charge in [-0.2, -0.15) is 0 Å². The number of likely N-dealkylation sites (N-methyl/N-ethyl adjacent to an activating group) is 1. The Balaban J connectivity index is 1.99. The molecule has 2 unspecified atom stereocenters. The molecule has 21 heavy (non-hydrogen) atoms. The number of hydrogen-bond donors (Lipinski definition) is 2. The summed E-state index contributed by atoms with van der Waals surface area (Å²) in [6.45, 7) is 1.78. The van der Waals surface area contributed by atoms with Crippen LogP contribution in [-0.2, 0) is 4.79 Å². The highest BCUT2D eigenvalue weighted by Gasteiger charge is 2.27. The van der Waals surface area contributed by atoms with Crippen LogP contribution in [0.3, 0.4) is 0 Å². The van der Waals surface area contributed by atoms with E-state index in [1.54, 1.807) is 14.2 Å². The van der Waals surface area contributed by atoms with E-state index in [1.165, 1.54) is 0 Å². The Morgan fingerprint density at radius 2 is 2.38 bits per heavy atom. The number of methoxy groups -OCH3 is 1. The first-order valence-electron chi connectivity index (χ1n) is 7.03. The van der Waals surface area contributed by atoms with Gasteiger partial charge >= 0.3 is 5.97 Å². The van der Waals surface area contributed by atoms with E-state index in [-0.39, 0.29) is 0 Å². The van der Waals surface area contributed by atoms with Gasteiger partial charge in [-0.15, -0.1) is 0 Å². The summed E-state index contributed by atoms with van der Waals surface area (Å²) in [6.07, 6.45) is 1.64. The van der Waals surface area contributed by atoms with Crippen molar-refractivity contribution in [1.82, 2.24) is 5.32 Å². The molecule has 0 amide bonds. The minimum Gasteiger partial charge on any atom is -0.495 e. The van der Waals surface area contributed by atoms with Crippen LogP contribution in [-0.4, -0.2) is 44.4 Å². The van der Waals surface area contributed by atoms with Gasteiger partial charge in [0.05, 0.1) is 12.1 Å². The molecule has 2 rings (SSSR count). The Morgan fingerprint density at radius 1 is 1.62 bits per heavy atom. The average Bonchev–Trinajstić information content (AvgIpc) is 2.93. The summed E-state index contributed by atoms with van der Waals surface area (Å²) in [4.78, 5) is 13.3. The predicted molar refractivity (Wildman–Crippen MR) is 83.4 cm³/mol. The lowest BCUT2D eigenvalue weighted by Gasteiger charge is -2.20. The number of halogens is 1. The van der Waals surface area contributed by atoms with Gasteiger partial charge in [-0.05, 0) is 44.0 Å². The Morgan fingerprint density at radius 3 is 2.95 bits per heavy atom. The standard InChI is InChI=1S/C15H21ClN2O3/c1-17-13(15(19)20)7-10-5-6-18(9-10)11-3-4-14(21-2)12(16)8-11/h3-4,8,10,13,17H,5-7,9H2,1-2H3,(H,19,20). The molecule has 0 radical (unpaired) electrons. The third-order valence-electron chi connectivity index (χ3n) is 4.00. The van der Waals surface area contributed by atoms with Crippen LogP contribution >= 0.6 is 11.6 Å². The van der Waals surface area contributed by atoms with Crippen LogP contribution in [0.1, 0.15) is 12.8 Å². The molecule has 0 aliphatic carbocycles. The van der Waals surface area contributed by atoms with E-state index in [9.17, 15) is 4.79 Å². The van der Waals surface area contributed by atoms with Crippen LogP contribution in [0.2, 0.25) is 5.02 Å². The highest BCUT2D eigenvalue weighted by molar-refractivity contribution is 6.32. The second-order valence-corrected chi connectivity index (χ2v) is 5.74. The third-order valence-corrected chi connectivity index (χ3v) is 4.30. The fourth-order valence-corrected chi connectivity index (χ4v) is 3.04.